The summed E-state index contributed by atoms with van der Waals surface area (Å²) in [6.07, 6.45) is 0.493. The van der Waals surface area contributed by atoms with Gasteiger partial charge in [0.25, 0.3) is 0 Å². The van der Waals surface area contributed by atoms with Gasteiger partial charge in [0.15, 0.2) is 0 Å². The predicted octanol–water partition coefficient (Wildman–Crippen LogP) is 2.13. The summed E-state index contributed by atoms with van der Waals surface area (Å²) in [5.74, 6) is 0.887. The van der Waals surface area contributed by atoms with Gasteiger partial charge in [-0.3, -0.25) is 14.4 Å². The molecule has 0 unspecified atom stereocenters. The van der Waals surface area contributed by atoms with Gasteiger partial charge in [0.05, 0.1) is 38.3 Å². The Kier molecular flexibility index (Phi) is 10.3. The first-order valence-corrected chi connectivity index (χ1v) is 12.4. The maximum atomic E-state index is 13.0. The van der Waals surface area contributed by atoms with Crippen molar-refractivity contribution in [1.29, 1.82) is 0 Å². The number of piperidine rings is 1. The molecule has 3 amide bonds. The van der Waals surface area contributed by atoms with Gasteiger partial charge in [-0.1, -0.05) is 24.3 Å². The molecule has 4 bridgehead atoms. The number of halogens is 1. The van der Waals surface area contributed by atoms with Gasteiger partial charge >= 0.3 is 0 Å². The van der Waals surface area contributed by atoms with E-state index in [1.807, 2.05) is 55.5 Å². The number of benzene rings is 2. The van der Waals surface area contributed by atoms with Crippen molar-refractivity contribution < 1.29 is 23.9 Å². The van der Waals surface area contributed by atoms with E-state index < -0.39 is 0 Å². The minimum Gasteiger partial charge on any atom is -0.457 e. The molecule has 2 aliphatic rings. The summed E-state index contributed by atoms with van der Waals surface area (Å²) in [7, 11) is 1.73. The third-order valence-corrected chi connectivity index (χ3v) is 6.50. The number of likely N-dealkylation sites (tertiary alicyclic amines) is 1. The van der Waals surface area contributed by atoms with Crippen LogP contribution in [0.5, 0.6) is 11.5 Å². The molecule has 2 aliphatic heterocycles. The van der Waals surface area contributed by atoms with E-state index in [2.05, 4.69) is 10.6 Å². The minimum atomic E-state index is -0.383. The molecular formula is C27H35ClN4O5. The number of rotatable bonds is 3. The molecule has 10 heteroatoms. The van der Waals surface area contributed by atoms with E-state index in [-0.39, 0.29) is 61.8 Å². The number of ether oxygens (including phenoxy) is 2. The molecule has 2 aromatic rings. The van der Waals surface area contributed by atoms with E-state index in [4.69, 9.17) is 9.47 Å². The molecule has 0 saturated carbocycles. The number of nitrogens with one attached hydrogen (secondary N) is 2. The number of fused-ring (bicyclic) bond motifs is 5. The average Bonchev–Trinajstić information content (AvgIpc) is 2.86. The highest BCUT2D eigenvalue weighted by Crippen LogP contribution is 2.25. The molecule has 2 atom stereocenters. The number of likely N-dealkylation sites (N-methyl/N-ethyl adjacent to an activating group) is 2. The first-order valence-electron chi connectivity index (χ1n) is 12.4. The molecule has 1 saturated heterocycles. The zero-order chi connectivity index (χ0) is 25.5. The fraction of sp³-hybridized carbons (Fsp3) is 0.444. The van der Waals surface area contributed by atoms with Crippen LogP contribution in [-0.2, 0) is 32.1 Å². The number of amides is 3. The fourth-order valence-corrected chi connectivity index (χ4v) is 4.60. The number of carbonyl (C=O) groups is 3. The molecule has 1 fully saturated rings. The molecule has 4 rings (SSSR count). The Hall–Kier alpha value is -3.14. The lowest BCUT2D eigenvalue weighted by Crippen LogP contribution is -2.59. The Labute approximate surface area is 223 Å². The molecule has 37 heavy (non-hydrogen) atoms. The van der Waals surface area contributed by atoms with Crippen LogP contribution >= 0.6 is 12.4 Å². The molecule has 2 heterocycles. The Bertz CT molecular complexity index is 1100. The van der Waals surface area contributed by atoms with Crippen LogP contribution in [0.2, 0.25) is 0 Å². The number of hydrogen-bond acceptors (Lipinski definition) is 6. The second-order valence-corrected chi connectivity index (χ2v) is 9.16. The molecule has 200 valence electrons. The second kappa shape index (κ2) is 13.4. The quantitative estimate of drug-likeness (QED) is 0.630. The number of carbonyl (C=O) groups excluding carboxylic acids is 3. The molecule has 0 radical (unpaired) electrons. The summed E-state index contributed by atoms with van der Waals surface area (Å²) in [4.78, 5) is 41.8. The van der Waals surface area contributed by atoms with E-state index >= 15 is 0 Å². The summed E-state index contributed by atoms with van der Waals surface area (Å²) in [5.41, 5.74) is 1.75. The lowest BCUT2D eigenvalue weighted by molar-refractivity contribution is -0.138. The van der Waals surface area contributed by atoms with Crippen LogP contribution in [0, 0.1) is 0 Å². The lowest BCUT2D eigenvalue weighted by atomic mass is 10.0. The largest absolute Gasteiger partial charge is 0.457 e. The second-order valence-electron chi connectivity index (χ2n) is 9.16. The van der Waals surface area contributed by atoms with Gasteiger partial charge in [0, 0.05) is 19.6 Å². The van der Waals surface area contributed by atoms with Crippen molar-refractivity contribution >= 4 is 30.1 Å². The Morgan fingerprint density at radius 1 is 1.11 bits per heavy atom. The topological polar surface area (TPSA) is 100 Å². The van der Waals surface area contributed by atoms with Gasteiger partial charge in [-0.2, -0.15) is 0 Å². The van der Waals surface area contributed by atoms with Crippen LogP contribution in [0.4, 0.5) is 0 Å². The van der Waals surface area contributed by atoms with E-state index in [0.29, 0.717) is 44.2 Å². The monoisotopic (exact) mass is 530 g/mol. The van der Waals surface area contributed by atoms with Gasteiger partial charge in [-0.15, -0.1) is 12.4 Å². The Morgan fingerprint density at radius 2 is 1.81 bits per heavy atom. The summed E-state index contributed by atoms with van der Waals surface area (Å²) < 4.78 is 12.3. The standard InChI is InChI=1S/C27H34N4O5.ClH/c1-3-30-17-25(32)29-23-16-31(27(34)15-28-2)11-10-24(23)35-18-20-7-5-9-22(13-20)36-21-8-4-6-19(12-21)14-26(30)33;/h4-9,12-13,23-24,28H,3,10-11,14-18H2,1-2H3,(H,29,32);1H/t23-,24-;/m0./s1. The maximum absolute atomic E-state index is 13.0. The number of hydrogen-bond donors (Lipinski definition) is 2. The lowest BCUT2D eigenvalue weighted by Gasteiger charge is -2.39. The van der Waals surface area contributed by atoms with Gasteiger partial charge in [-0.25, -0.2) is 0 Å². The van der Waals surface area contributed by atoms with Crippen LogP contribution in [0.3, 0.4) is 0 Å². The highest BCUT2D eigenvalue weighted by atomic mass is 35.5. The highest BCUT2D eigenvalue weighted by molar-refractivity contribution is 5.86. The molecule has 0 spiro atoms. The van der Waals surface area contributed by atoms with E-state index in [9.17, 15) is 14.4 Å². The number of nitrogens with zero attached hydrogens (tertiary/aromatic N) is 2. The fourth-order valence-electron chi connectivity index (χ4n) is 4.60. The first-order chi connectivity index (χ1) is 17.4. The zero-order valence-corrected chi connectivity index (χ0v) is 22.1. The van der Waals surface area contributed by atoms with Crippen molar-refractivity contribution in [3.8, 4) is 11.5 Å². The normalized spacial score (nSPS) is 20.6. The van der Waals surface area contributed by atoms with Gasteiger partial charge in [-0.05, 0) is 55.8 Å². The SMILES string of the molecule is CCN1CC(=O)N[C@H]2CN(C(=O)CNC)CC[C@@H]2OCc2cccc(c2)Oc2cccc(c2)CC1=O.Cl. The Morgan fingerprint density at radius 3 is 2.51 bits per heavy atom. The first kappa shape index (κ1) is 28.4. The van der Waals surface area contributed by atoms with Crippen molar-refractivity contribution in [2.75, 3.05) is 39.8 Å². The maximum Gasteiger partial charge on any atom is 0.239 e. The van der Waals surface area contributed by atoms with Crippen molar-refractivity contribution in [2.45, 2.75) is 38.5 Å². The van der Waals surface area contributed by atoms with E-state index in [1.54, 1.807) is 11.9 Å². The molecule has 0 aromatic heterocycles. The minimum absolute atomic E-state index is 0. The van der Waals surface area contributed by atoms with Crippen LogP contribution in [-0.4, -0.2) is 79.4 Å². The van der Waals surface area contributed by atoms with Crippen LogP contribution in [0.15, 0.2) is 48.5 Å². The predicted molar refractivity (Wildman–Crippen MR) is 142 cm³/mol. The third kappa shape index (κ3) is 7.67. The Balaban J connectivity index is 0.00000380. The van der Waals surface area contributed by atoms with Gasteiger partial charge < -0.3 is 29.9 Å². The average molecular weight is 531 g/mol. The smallest absolute Gasteiger partial charge is 0.239 e. The van der Waals surface area contributed by atoms with Gasteiger partial charge in [0.2, 0.25) is 17.7 Å². The third-order valence-electron chi connectivity index (χ3n) is 6.50. The van der Waals surface area contributed by atoms with Crippen LogP contribution in [0.25, 0.3) is 0 Å². The summed E-state index contributed by atoms with van der Waals surface area (Å²) in [6.45, 7) is 3.69. The van der Waals surface area contributed by atoms with Crippen molar-refractivity contribution in [2.24, 2.45) is 0 Å². The zero-order valence-electron chi connectivity index (χ0n) is 21.3. The van der Waals surface area contributed by atoms with Gasteiger partial charge in [0.1, 0.15) is 11.5 Å². The molecular weight excluding hydrogens is 496 g/mol. The van der Waals surface area contributed by atoms with E-state index in [0.717, 1.165) is 11.1 Å². The van der Waals surface area contributed by atoms with Crippen molar-refractivity contribution in [3.63, 3.8) is 0 Å². The molecule has 9 nitrogen and oxygen atoms in total. The summed E-state index contributed by atoms with van der Waals surface area (Å²) in [5, 5.41) is 5.93. The van der Waals surface area contributed by atoms with Crippen LogP contribution in [0.1, 0.15) is 24.5 Å². The van der Waals surface area contributed by atoms with Crippen LogP contribution < -0.4 is 15.4 Å². The molecule has 0 aliphatic carbocycles. The van der Waals surface area contributed by atoms with Crippen molar-refractivity contribution in [1.82, 2.24) is 20.4 Å². The molecule has 2 aromatic carbocycles. The summed E-state index contributed by atoms with van der Waals surface area (Å²) >= 11 is 0. The van der Waals surface area contributed by atoms with E-state index in [1.165, 1.54) is 4.90 Å². The summed E-state index contributed by atoms with van der Waals surface area (Å²) in [6, 6.07) is 14.7. The highest BCUT2D eigenvalue weighted by Gasteiger charge is 2.33. The van der Waals surface area contributed by atoms with Crippen molar-refractivity contribution in [3.05, 3.63) is 59.7 Å². The molecule has 2 N–H and O–H groups in total.